The van der Waals surface area contributed by atoms with Gasteiger partial charge in [-0.1, -0.05) is 12.1 Å². The van der Waals surface area contributed by atoms with E-state index in [4.69, 9.17) is 5.73 Å². The topological polar surface area (TPSA) is 69.6 Å². The first-order valence-corrected chi connectivity index (χ1v) is 5.73. The van der Waals surface area contributed by atoms with E-state index in [9.17, 15) is 0 Å². The molecule has 3 rings (SSSR count). The van der Waals surface area contributed by atoms with E-state index >= 15 is 0 Å². The van der Waals surface area contributed by atoms with Gasteiger partial charge in [0.2, 0.25) is 5.95 Å². The van der Waals surface area contributed by atoms with Gasteiger partial charge in [-0.05, 0) is 25.1 Å². The van der Waals surface area contributed by atoms with Crippen LogP contribution in [-0.2, 0) is 6.54 Å². The smallest absolute Gasteiger partial charge is 0.201 e. The molecule has 3 aromatic rings. The maximum atomic E-state index is 5.95. The molecule has 18 heavy (non-hydrogen) atoms. The predicted octanol–water partition coefficient (Wildman–Crippen LogP) is 1.77. The Labute approximate surface area is 104 Å². The van der Waals surface area contributed by atoms with Crippen LogP contribution in [0.4, 0.5) is 5.95 Å². The molecule has 0 saturated carbocycles. The summed E-state index contributed by atoms with van der Waals surface area (Å²) in [5.41, 5.74) is 8.80. The number of aryl methyl sites for hydroxylation is 1. The molecule has 2 aromatic heterocycles. The van der Waals surface area contributed by atoms with Crippen LogP contribution < -0.4 is 5.73 Å². The fraction of sp³-hybridized carbons (Fsp3) is 0.154. The van der Waals surface area contributed by atoms with Crippen molar-refractivity contribution in [3.8, 4) is 0 Å². The van der Waals surface area contributed by atoms with Crippen molar-refractivity contribution in [2.75, 3.05) is 5.73 Å². The zero-order chi connectivity index (χ0) is 12.5. The first-order valence-electron chi connectivity index (χ1n) is 5.73. The van der Waals surface area contributed by atoms with Gasteiger partial charge in [0.25, 0.3) is 0 Å². The highest BCUT2D eigenvalue weighted by molar-refractivity contribution is 5.78. The molecule has 90 valence electrons. The number of benzene rings is 1. The molecular formula is C13H13N5. The Bertz CT molecular complexity index is 701. The Morgan fingerprint density at radius 3 is 2.83 bits per heavy atom. The van der Waals surface area contributed by atoms with E-state index in [1.54, 1.807) is 6.20 Å². The van der Waals surface area contributed by atoms with Crippen LogP contribution in [0, 0.1) is 6.92 Å². The zero-order valence-corrected chi connectivity index (χ0v) is 10.0. The van der Waals surface area contributed by atoms with Crippen molar-refractivity contribution in [1.82, 2.24) is 19.5 Å². The van der Waals surface area contributed by atoms with Crippen molar-refractivity contribution in [2.45, 2.75) is 13.5 Å². The predicted molar refractivity (Wildman–Crippen MR) is 70.0 cm³/mol. The number of hydrogen-bond acceptors (Lipinski definition) is 4. The van der Waals surface area contributed by atoms with Crippen molar-refractivity contribution in [2.24, 2.45) is 0 Å². The summed E-state index contributed by atoms with van der Waals surface area (Å²) in [6.45, 7) is 2.48. The lowest BCUT2D eigenvalue weighted by molar-refractivity contribution is 0.795. The third-order valence-corrected chi connectivity index (χ3v) is 2.84. The number of nitrogens with zero attached hydrogens (tertiary/aromatic N) is 4. The molecule has 5 heteroatoms. The molecule has 0 fully saturated rings. The molecule has 1 aromatic carbocycles. The molecule has 2 N–H and O–H groups in total. The lowest BCUT2D eigenvalue weighted by atomic mass is 10.3. The molecule has 0 unspecified atom stereocenters. The summed E-state index contributed by atoms with van der Waals surface area (Å²) >= 11 is 0. The zero-order valence-electron chi connectivity index (χ0n) is 10.0. The van der Waals surface area contributed by atoms with Gasteiger partial charge in [-0.2, -0.15) is 0 Å². The first kappa shape index (κ1) is 10.7. The highest BCUT2D eigenvalue weighted by Gasteiger charge is 2.08. The number of aromatic nitrogens is 4. The number of hydrogen-bond donors (Lipinski definition) is 1. The Hall–Kier alpha value is -2.43. The molecule has 2 heterocycles. The maximum absolute atomic E-state index is 5.95. The van der Waals surface area contributed by atoms with Gasteiger partial charge in [-0.15, -0.1) is 0 Å². The molecule has 0 aliphatic carbocycles. The standard InChI is InChI=1S/C13H13N5/c1-9-15-7-6-10(16-9)8-18-12-5-3-2-4-11(12)17-13(18)14/h2-7H,8H2,1H3,(H2,14,17). The lowest BCUT2D eigenvalue weighted by Crippen LogP contribution is -2.06. The van der Waals surface area contributed by atoms with Crippen molar-refractivity contribution in [3.63, 3.8) is 0 Å². The Morgan fingerprint density at radius 1 is 1.17 bits per heavy atom. The minimum absolute atomic E-state index is 0.507. The van der Waals surface area contributed by atoms with Crippen LogP contribution in [0.3, 0.4) is 0 Å². The van der Waals surface area contributed by atoms with Crippen LogP contribution in [0.15, 0.2) is 36.5 Å². The van der Waals surface area contributed by atoms with Crippen LogP contribution >= 0.6 is 0 Å². The molecule has 0 spiro atoms. The van der Waals surface area contributed by atoms with E-state index in [-0.39, 0.29) is 0 Å². The Morgan fingerprint density at radius 2 is 2.00 bits per heavy atom. The van der Waals surface area contributed by atoms with Crippen LogP contribution in [0.5, 0.6) is 0 Å². The highest BCUT2D eigenvalue weighted by atomic mass is 15.2. The van der Waals surface area contributed by atoms with Crippen LogP contribution in [0.2, 0.25) is 0 Å². The minimum Gasteiger partial charge on any atom is -0.369 e. The van der Waals surface area contributed by atoms with Crippen LogP contribution in [-0.4, -0.2) is 19.5 Å². The molecule has 5 nitrogen and oxygen atoms in total. The second kappa shape index (κ2) is 4.10. The summed E-state index contributed by atoms with van der Waals surface area (Å²) in [6, 6.07) is 9.78. The summed E-state index contributed by atoms with van der Waals surface area (Å²) < 4.78 is 1.96. The minimum atomic E-state index is 0.507. The molecular weight excluding hydrogens is 226 g/mol. The fourth-order valence-electron chi connectivity index (χ4n) is 2.02. The van der Waals surface area contributed by atoms with Crippen LogP contribution in [0.25, 0.3) is 11.0 Å². The molecule has 0 atom stereocenters. The number of fused-ring (bicyclic) bond motifs is 1. The monoisotopic (exact) mass is 239 g/mol. The van der Waals surface area contributed by atoms with E-state index in [1.807, 2.05) is 41.8 Å². The number of imidazole rings is 1. The average molecular weight is 239 g/mol. The third kappa shape index (κ3) is 1.79. The number of rotatable bonds is 2. The van der Waals surface area contributed by atoms with Gasteiger partial charge in [-0.25, -0.2) is 15.0 Å². The van der Waals surface area contributed by atoms with Gasteiger partial charge in [-0.3, -0.25) is 0 Å². The normalized spacial score (nSPS) is 10.9. The van der Waals surface area contributed by atoms with Crippen molar-refractivity contribution >= 4 is 17.0 Å². The fourth-order valence-corrected chi connectivity index (χ4v) is 2.02. The van der Waals surface area contributed by atoms with E-state index in [1.165, 1.54) is 0 Å². The average Bonchev–Trinajstić information content (AvgIpc) is 2.66. The van der Waals surface area contributed by atoms with Gasteiger partial charge >= 0.3 is 0 Å². The summed E-state index contributed by atoms with van der Waals surface area (Å²) in [4.78, 5) is 12.8. The molecule has 0 aliphatic rings. The van der Waals surface area contributed by atoms with Crippen molar-refractivity contribution in [3.05, 3.63) is 48.0 Å². The molecule has 0 radical (unpaired) electrons. The van der Waals surface area contributed by atoms with Gasteiger partial charge in [0.05, 0.1) is 23.3 Å². The Kier molecular flexibility index (Phi) is 2.44. The highest BCUT2D eigenvalue weighted by Crippen LogP contribution is 2.18. The quantitative estimate of drug-likeness (QED) is 0.739. The van der Waals surface area contributed by atoms with Gasteiger partial charge in [0, 0.05) is 6.20 Å². The SMILES string of the molecule is Cc1nccc(Cn2c(N)nc3ccccc32)n1. The molecule has 0 aliphatic heterocycles. The van der Waals surface area contributed by atoms with Crippen LogP contribution in [0.1, 0.15) is 11.5 Å². The molecule has 0 amide bonds. The number of nitrogens with two attached hydrogens (primary N) is 1. The van der Waals surface area contributed by atoms with Crippen molar-refractivity contribution < 1.29 is 0 Å². The second-order valence-electron chi connectivity index (χ2n) is 4.14. The summed E-state index contributed by atoms with van der Waals surface area (Å²) in [5, 5.41) is 0. The van der Waals surface area contributed by atoms with Crippen molar-refractivity contribution in [1.29, 1.82) is 0 Å². The first-order chi connectivity index (χ1) is 8.74. The summed E-state index contributed by atoms with van der Waals surface area (Å²) in [6.07, 6.45) is 1.76. The number of anilines is 1. The molecule has 0 saturated heterocycles. The lowest BCUT2D eigenvalue weighted by Gasteiger charge is -2.06. The van der Waals surface area contributed by atoms with E-state index < -0.39 is 0 Å². The molecule has 0 bridgehead atoms. The number of nitrogen functional groups attached to an aromatic ring is 1. The van der Waals surface area contributed by atoms with Gasteiger partial charge in [0.1, 0.15) is 5.82 Å². The van der Waals surface area contributed by atoms with E-state index in [2.05, 4.69) is 15.0 Å². The summed E-state index contributed by atoms with van der Waals surface area (Å²) in [7, 11) is 0. The summed E-state index contributed by atoms with van der Waals surface area (Å²) in [5.74, 6) is 1.27. The largest absolute Gasteiger partial charge is 0.369 e. The van der Waals surface area contributed by atoms with E-state index in [0.717, 1.165) is 22.6 Å². The number of para-hydroxylation sites is 2. The third-order valence-electron chi connectivity index (χ3n) is 2.84. The van der Waals surface area contributed by atoms with Gasteiger partial charge < -0.3 is 10.3 Å². The Balaban J connectivity index is 2.07. The second-order valence-corrected chi connectivity index (χ2v) is 4.14. The van der Waals surface area contributed by atoms with E-state index in [0.29, 0.717) is 12.5 Å². The maximum Gasteiger partial charge on any atom is 0.201 e. The van der Waals surface area contributed by atoms with Gasteiger partial charge in [0.15, 0.2) is 0 Å².